The Kier molecular flexibility index (Phi) is 5.39. The number of rotatable bonds is 3. The van der Waals surface area contributed by atoms with Gasteiger partial charge in [0.25, 0.3) is 0 Å². The lowest BCUT2D eigenvalue weighted by molar-refractivity contribution is 0.254. The zero-order chi connectivity index (χ0) is 13.1. The predicted molar refractivity (Wildman–Crippen MR) is 81.2 cm³/mol. The first-order valence-electron chi connectivity index (χ1n) is 5.68. The van der Waals surface area contributed by atoms with Crippen LogP contribution in [0.15, 0.2) is 30.5 Å². The molecule has 19 heavy (non-hydrogen) atoms. The number of fused-ring (bicyclic) bond motifs is 1. The summed E-state index contributed by atoms with van der Waals surface area (Å²) in [4.78, 5) is 17.0. The Hall–Kier alpha value is -1.52. The van der Waals surface area contributed by atoms with Gasteiger partial charge in [-0.2, -0.15) is 0 Å². The van der Waals surface area contributed by atoms with E-state index in [1.807, 2.05) is 31.2 Å². The van der Waals surface area contributed by atoms with Gasteiger partial charge in [-0.05, 0) is 23.9 Å². The summed E-state index contributed by atoms with van der Waals surface area (Å²) >= 11 is 5.87. The Morgan fingerprint density at radius 1 is 1.47 bits per heavy atom. The predicted octanol–water partition coefficient (Wildman–Crippen LogP) is 3.30. The molecule has 4 nitrogen and oxygen atoms in total. The van der Waals surface area contributed by atoms with Crippen molar-refractivity contribution >= 4 is 46.6 Å². The van der Waals surface area contributed by atoms with Crippen molar-refractivity contribution in [1.29, 1.82) is 0 Å². The Labute approximate surface area is 123 Å². The minimum atomic E-state index is -0.502. The number of alkyl halides is 1. The number of hydrogen-bond donors (Lipinski definition) is 1. The average molecular weight is 300 g/mol. The van der Waals surface area contributed by atoms with Crippen LogP contribution in [0.3, 0.4) is 0 Å². The van der Waals surface area contributed by atoms with E-state index < -0.39 is 6.03 Å². The normalized spacial score (nSPS) is 10.0. The molecule has 0 bridgehead atoms. The Balaban J connectivity index is 0.00000180. The van der Waals surface area contributed by atoms with Gasteiger partial charge >= 0.3 is 6.03 Å². The fourth-order valence-electron chi connectivity index (χ4n) is 1.92. The molecule has 0 saturated heterocycles. The van der Waals surface area contributed by atoms with Crippen LogP contribution in [-0.4, -0.2) is 17.6 Å². The van der Waals surface area contributed by atoms with Gasteiger partial charge < -0.3 is 5.73 Å². The second-order valence-corrected chi connectivity index (χ2v) is 4.16. The molecular formula is C13H15Cl2N3O. The van der Waals surface area contributed by atoms with Crippen LogP contribution < -0.4 is 10.6 Å². The molecule has 0 atom stereocenters. The van der Waals surface area contributed by atoms with Gasteiger partial charge in [0.2, 0.25) is 0 Å². The van der Waals surface area contributed by atoms with Crippen molar-refractivity contribution in [2.24, 2.45) is 5.73 Å². The Morgan fingerprint density at radius 2 is 2.21 bits per heavy atom. The van der Waals surface area contributed by atoms with E-state index in [2.05, 4.69) is 4.98 Å². The summed E-state index contributed by atoms with van der Waals surface area (Å²) in [5, 5.41) is 2.00. The Morgan fingerprint density at radius 3 is 2.79 bits per heavy atom. The highest BCUT2D eigenvalue weighted by molar-refractivity contribution is 6.18. The number of pyridine rings is 1. The summed E-state index contributed by atoms with van der Waals surface area (Å²) in [7, 11) is 0. The second-order valence-electron chi connectivity index (χ2n) is 3.90. The number of urea groups is 1. The molecule has 1 heterocycles. The van der Waals surface area contributed by atoms with Gasteiger partial charge in [-0.3, -0.25) is 4.90 Å². The number of hydrogen-bond acceptors (Lipinski definition) is 2. The van der Waals surface area contributed by atoms with E-state index in [1.54, 1.807) is 6.20 Å². The molecule has 0 fully saturated rings. The molecule has 2 rings (SSSR count). The summed E-state index contributed by atoms with van der Waals surface area (Å²) in [5.41, 5.74) is 6.33. The maximum absolute atomic E-state index is 11.3. The molecule has 0 radical (unpaired) electrons. The van der Waals surface area contributed by atoms with Crippen LogP contribution in [0.2, 0.25) is 0 Å². The van der Waals surface area contributed by atoms with Gasteiger partial charge in [-0.1, -0.05) is 18.2 Å². The standard InChI is InChI=1S/C13H14ClN3O.ClH/c1-2-17(13(15)18)12-6-9-4-3-5-10(7-14)11(9)8-16-12;/h3-6,8H,2,7H2,1H3,(H2,15,18);1H. The molecule has 2 N–H and O–H groups in total. The third kappa shape index (κ3) is 3.08. The fourth-order valence-corrected chi connectivity index (χ4v) is 2.15. The summed E-state index contributed by atoms with van der Waals surface area (Å²) < 4.78 is 0. The van der Waals surface area contributed by atoms with Gasteiger partial charge in [0.15, 0.2) is 0 Å². The second kappa shape index (κ2) is 6.59. The quantitative estimate of drug-likeness (QED) is 0.884. The van der Waals surface area contributed by atoms with Crippen molar-refractivity contribution < 1.29 is 4.79 Å². The SMILES string of the molecule is CCN(C(N)=O)c1cc2cccc(CCl)c2cn1.Cl. The monoisotopic (exact) mass is 299 g/mol. The molecule has 0 saturated carbocycles. The molecule has 1 aromatic heterocycles. The number of nitrogens with zero attached hydrogens (tertiary/aromatic N) is 2. The van der Waals surface area contributed by atoms with E-state index in [0.717, 1.165) is 16.3 Å². The maximum atomic E-state index is 11.3. The van der Waals surface area contributed by atoms with Gasteiger partial charge in [0.1, 0.15) is 5.82 Å². The number of amides is 2. The first-order valence-corrected chi connectivity index (χ1v) is 6.21. The largest absolute Gasteiger partial charge is 0.351 e. The number of carbonyl (C=O) groups excluding carboxylic acids is 1. The van der Waals surface area contributed by atoms with Gasteiger partial charge in [0.05, 0.1) is 0 Å². The molecule has 1 aromatic carbocycles. The van der Waals surface area contributed by atoms with Crippen molar-refractivity contribution in [3.63, 3.8) is 0 Å². The molecule has 0 unspecified atom stereocenters. The summed E-state index contributed by atoms with van der Waals surface area (Å²) in [6.07, 6.45) is 1.73. The minimum absolute atomic E-state index is 0. The third-order valence-electron chi connectivity index (χ3n) is 2.84. The fraction of sp³-hybridized carbons (Fsp3) is 0.231. The smallest absolute Gasteiger partial charge is 0.320 e. The van der Waals surface area contributed by atoms with Gasteiger partial charge in [0, 0.05) is 24.0 Å². The van der Waals surface area contributed by atoms with Crippen molar-refractivity contribution in [1.82, 2.24) is 4.98 Å². The van der Waals surface area contributed by atoms with E-state index in [-0.39, 0.29) is 12.4 Å². The minimum Gasteiger partial charge on any atom is -0.351 e. The molecule has 0 aliphatic carbocycles. The molecule has 0 aliphatic rings. The summed E-state index contributed by atoms with van der Waals surface area (Å²) in [6.45, 7) is 2.34. The highest BCUT2D eigenvalue weighted by Crippen LogP contribution is 2.23. The first kappa shape index (κ1) is 15.5. The van der Waals surface area contributed by atoms with E-state index in [0.29, 0.717) is 18.2 Å². The Bertz CT molecular complexity index is 589. The number of carbonyl (C=O) groups is 1. The van der Waals surface area contributed by atoms with E-state index in [9.17, 15) is 4.79 Å². The van der Waals surface area contributed by atoms with Crippen LogP contribution in [0, 0.1) is 0 Å². The molecule has 2 aromatic rings. The van der Waals surface area contributed by atoms with Crippen LogP contribution in [0.1, 0.15) is 12.5 Å². The molecule has 102 valence electrons. The van der Waals surface area contributed by atoms with Gasteiger partial charge in [-0.15, -0.1) is 24.0 Å². The average Bonchev–Trinajstić information content (AvgIpc) is 2.38. The van der Waals surface area contributed by atoms with Crippen molar-refractivity contribution in [3.05, 3.63) is 36.0 Å². The molecule has 0 aliphatic heterocycles. The van der Waals surface area contributed by atoms with Crippen molar-refractivity contribution in [3.8, 4) is 0 Å². The molecule has 2 amide bonds. The summed E-state index contributed by atoms with van der Waals surface area (Å²) in [6, 6.07) is 7.20. The third-order valence-corrected chi connectivity index (χ3v) is 3.13. The zero-order valence-corrected chi connectivity index (χ0v) is 12.0. The van der Waals surface area contributed by atoms with Crippen LogP contribution in [-0.2, 0) is 5.88 Å². The van der Waals surface area contributed by atoms with Crippen molar-refractivity contribution in [2.75, 3.05) is 11.4 Å². The summed E-state index contributed by atoms with van der Waals surface area (Å²) in [5.74, 6) is 0.996. The van der Waals surface area contributed by atoms with E-state index in [4.69, 9.17) is 17.3 Å². The number of aromatic nitrogens is 1. The lowest BCUT2D eigenvalue weighted by Crippen LogP contribution is -2.36. The maximum Gasteiger partial charge on any atom is 0.320 e. The number of halogens is 2. The topological polar surface area (TPSA) is 59.2 Å². The van der Waals surface area contributed by atoms with Crippen LogP contribution in [0.5, 0.6) is 0 Å². The lowest BCUT2D eigenvalue weighted by Gasteiger charge is -2.17. The molecule has 6 heteroatoms. The van der Waals surface area contributed by atoms with Crippen LogP contribution >= 0.6 is 24.0 Å². The van der Waals surface area contributed by atoms with E-state index >= 15 is 0 Å². The number of primary amides is 1. The number of benzene rings is 1. The van der Waals surface area contributed by atoms with E-state index in [1.165, 1.54) is 4.90 Å². The molecule has 0 spiro atoms. The molecular weight excluding hydrogens is 285 g/mol. The highest BCUT2D eigenvalue weighted by Gasteiger charge is 2.12. The van der Waals surface area contributed by atoms with Crippen molar-refractivity contribution in [2.45, 2.75) is 12.8 Å². The van der Waals surface area contributed by atoms with Crippen LogP contribution in [0.4, 0.5) is 10.6 Å². The highest BCUT2D eigenvalue weighted by atomic mass is 35.5. The van der Waals surface area contributed by atoms with Crippen LogP contribution in [0.25, 0.3) is 10.8 Å². The number of anilines is 1. The zero-order valence-electron chi connectivity index (χ0n) is 10.5. The van der Waals surface area contributed by atoms with Gasteiger partial charge in [-0.25, -0.2) is 9.78 Å². The lowest BCUT2D eigenvalue weighted by atomic mass is 10.1. The number of nitrogens with two attached hydrogens (primary N) is 1. The first-order chi connectivity index (χ1) is 8.67.